The van der Waals surface area contributed by atoms with E-state index in [2.05, 4.69) is 21.2 Å². The summed E-state index contributed by atoms with van der Waals surface area (Å²) in [6.07, 6.45) is 0.367. The van der Waals surface area contributed by atoms with Crippen molar-refractivity contribution in [3.05, 3.63) is 98.5 Å². The zero-order valence-corrected chi connectivity index (χ0v) is 23.4. The molecule has 0 saturated heterocycles. The fourth-order valence-corrected chi connectivity index (χ4v) is 4.39. The number of rotatable bonds is 10. The van der Waals surface area contributed by atoms with Gasteiger partial charge in [-0.1, -0.05) is 76.1 Å². The average Bonchev–Trinajstić information content (AvgIpc) is 2.84. The van der Waals surface area contributed by atoms with E-state index in [1.54, 1.807) is 11.0 Å². The van der Waals surface area contributed by atoms with Crippen LogP contribution in [0.3, 0.4) is 0 Å². The molecular weight excluding hydrogens is 540 g/mol. The third kappa shape index (κ3) is 7.58. The van der Waals surface area contributed by atoms with Crippen molar-refractivity contribution in [3.63, 3.8) is 0 Å². The summed E-state index contributed by atoms with van der Waals surface area (Å²) < 4.78 is 6.93. The standard InChI is InChI=1S/C29H32BrClN2O3/c1-19(2)32-29(35)26(16-22-10-6-5-7-11-22)33(17-23-12-8-9-13-25(23)31)27(34)18-36-24-14-20(3)28(30)21(4)15-24/h5-15,19,26H,16-18H2,1-4H3,(H,32,35)/t26-/m0/s1. The van der Waals surface area contributed by atoms with Gasteiger partial charge in [-0.05, 0) is 68.1 Å². The van der Waals surface area contributed by atoms with Gasteiger partial charge < -0.3 is 15.0 Å². The lowest BCUT2D eigenvalue weighted by Gasteiger charge is -2.32. The Labute approximate surface area is 226 Å². The van der Waals surface area contributed by atoms with E-state index in [0.29, 0.717) is 17.2 Å². The molecule has 1 atom stereocenters. The molecule has 0 fully saturated rings. The third-order valence-corrected chi connectivity index (χ3v) is 7.39. The van der Waals surface area contributed by atoms with Crippen LogP contribution < -0.4 is 10.1 Å². The first kappa shape index (κ1) is 27.8. The molecule has 0 saturated carbocycles. The van der Waals surface area contributed by atoms with Gasteiger partial charge in [0.25, 0.3) is 5.91 Å². The van der Waals surface area contributed by atoms with Crippen molar-refractivity contribution in [2.75, 3.05) is 6.61 Å². The van der Waals surface area contributed by atoms with E-state index in [1.807, 2.05) is 88.4 Å². The quantitative estimate of drug-likeness (QED) is 0.312. The summed E-state index contributed by atoms with van der Waals surface area (Å²) in [5.41, 5.74) is 3.75. The maximum atomic E-state index is 13.7. The fraction of sp³-hybridized carbons (Fsp3) is 0.310. The van der Waals surface area contributed by atoms with Crippen LogP contribution in [0.15, 0.2) is 71.2 Å². The first-order valence-electron chi connectivity index (χ1n) is 11.9. The highest BCUT2D eigenvalue weighted by molar-refractivity contribution is 9.10. The van der Waals surface area contributed by atoms with Crippen molar-refractivity contribution in [2.45, 2.75) is 52.7 Å². The molecule has 0 aromatic heterocycles. The van der Waals surface area contributed by atoms with Crippen molar-refractivity contribution in [3.8, 4) is 5.75 Å². The molecule has 0 aliphatic heterocycles. The van der Waals surface area contributed by atoms with Crippen molar-refractivity contribution in [2.24, 2.45) is 0 Å². The van der Waals surface area contributed by atoms with Gasteiger partial charge in [0, 0.05) is 28.5 Å². The van der Waals surface area contributed by atoms with Gasteiger partial charge in [0.15, 0.2) is 6.61 Å². The number of nitrogens with one attached hydrogen (secondary N) is 1. The van der Waals surface area contributed by atoms with Crippen LogP contribution in [0.5, 0.6) is 5.75 Å². The monoisotopic (exact) mass is 570 g/mol. The number of halogens is 2. The number of ether oxygens (including phenoxy) is 1. The van der Waals surface area contributed by atoms with Crippen LogP contribution in [0.1, 0.15) is 36.1 Å². The first-order valence-corrected chi connectivity index (χ1v) is 13.1. The molecule has 1 N–H and O–H groups in total. The molecule has 0 aliphatic carbocycles. The van der Waals surface area contributed by atoms with Gasteiger partial charge in [-0.2, -0.15) is 0 Å². The molecule has 5 nitrogen and oxygen atoms in total. The summed E-state index contributed by atoms with van der Waals surface area (Å²) in [6, 6.07) is 20.0. The number of benzene rings is 3. The molecule has 36 heavy (non-hydrogen) atoms. The Morgan fingerprint density at radius 1 is 1.00 bits per heavy atom. The molecule has 0 spiro atoms. The predicted octanol–water partition coefficient (Wildman–Crippen LogP) is 6.26. The van der Waals surface area contributed by atoms with E-state index in [-0.39, 0.29) is 31.0 Å². The predicted molar refractivity (Wildman–Crippen MR) is 148 cm³/mol. The molecule has 0 bridgehead atoms. The minimum absolute atomic E-state index is 0.0713. The molecule has 3 rings (SSSR count). The van der Waals surface area contributed by atoms with E-state index in [1.165, 1.54) is 0 Å². The number of hydrogen-bond acceptors (Lipinski definition) is 3. The lowest BCUT2D eigenvalue weighted by atomic mass is 10.0. The summed E-state index contributed by atoms with van der Waals surface area (Å²) in [7, 11) is 0. The van der Waals surface area contributed by atoms with Crippen molar-refractivity contribution >= 4 is 39.3 Å². The number of hydrogen-bond donors (Lipinski definition) is 1. The minimum atomic E-state index is -0.740. The zero-order chi connectivity index (χ0) is 26.2. The summed E-state index contributed by atoms with van der Waals surface area (Å²) in [5.74, 6) is 0.0862. The average molecular weight is 572 g/mol. The van der Waals surface area contributed by atoms with E-state index in [4.69, 9.17) is 16.3 Å². The molecule has 7 heteroatoms. The molecule has 3 aromatic rings. The van der Waals surface area contributed by atoms with Gasteiger partial charge in [-0.25, -0.2) is 0 Å². The van der Waals surface area contributed by atoms with Crippen LogP contribution in [-0.4, -0.2) is 35.4 Å². The van der Waals surface area contributed by atoms with Crippen LogP contribution >= 0.6 is 27.5 Å². The van der Waals surface area contributed by atoms with Crippen molar-refractivity contribution in [1.29, 1.82) is 0 Å². The summed E-state index contributed by atoms with van der Waals surface area (Å²) in [5, 5.41) is 3.52. The largest absolute Gasteiger partial charge is 0.484 e. The van der Waals surface area contributed by atoms with E-state index in [9.17, 15) is 9.59 Å². The summed E-state index contributed by atoms with van der Waals surface area (Å²) in [4.78, 5) is 28.6. The van der Waals surface area contributed by atoms with Gasteiger partial charge in [0.05, 0.1) is 0 Å². The van der Waals surface area contributed by atoms with Crippen LogP contribution in [0.4, 0.5) is 0 Å². The number of amides is 2. The van der Waals surface area contributed by atoms with Gasteiger partial charge in [-0.15, -0.1) is 0 Å². The number of nitrogens with zero attached hydrogens (tertiary/aromatic N) is 1. The van der Waals surface area contributed by atoms with Crippen LogP contribution in [0.2, 0.25) is 5.02 Å². The number of carbonyl (C=O) groups is 2. The molecule has 2 amide bonds. The highest BCUT2D eigenvalue weighted by Crippen LogP contribution is 2.27. The van der Waals surface area contributed by atoms with Crippen molar-refractivity contribution in [1.82, 2.24) is 10.2 Å². The summed E-state index contributed by atoms with van der Waals surface area (Å²) >= 11 is 10.0. The molecule has 0 radical (unpaired) electrons. The second kappa shape index (κ2) is 12.9. The Morgan fingerprint density at radius 2 is 1.61 bits per heavy atom. The van der Waals surface area contributed by atoms with Crippen LogP contribution in [0.25, 0.3) is 0 Å². The lowest BCUT2D eigenvalue weighted by molar-refractivity contribution is -0.143. The van der Waals surface area contributed by atoms with E-state index in [0.717, 1.165) is 26.7 Å². The Hall–Kier alpha value is -2.83. The fourth-order valence-electron chi connectivity index (χ4n) is 3.96. The van der Waals surface area contributed by atoms with Crippen molar-refractivity contribution < 1.29 is 14.3 Å². The zero-order valence-electron chi connectivity index (χ0n) is 21.1. The van der Waals surface area contributed by atoms with E-state index < -0.39 is 6.04 Å². The van der Waals surface area contributed by atoms with Gasteiger partial charge in [0.1, 0.15) is 11.8 Å². The lowest BCUT2D eigenvalue weighted by Crippen LogP contribution is -2.52. The number of aryl methyl sites for hydroxylation is 2. The SMILES string of the molecule is Cc1cc(OCC(=O)N(Cc2ccccc2Cl)[C@@H](Cc2ccccc2)C(=O)NC(C)C)cc(C)c1Br. The smallest absolute Gasteiger partial charge is 0.261 e. The molecule has 0 heterocycles. The molecular formula is C29H32BrClN2O3. The maximum absolute atomic E-state index is 13.7. The highest BCUT2D eigenvalue weighted by Gasteiger charge is 2.31. The highest BCUT2D eigenvalue weighted by atomic mass is 79.9. The Balaban J connectivity index is 1.93. The third-order valence-electron chi connectivity index (χ3n) is 5.77. The summed E-state index contributed by atoms with van der Waals surface area (Å²) in [6.45, 7) is 7.73. The minimum Gasteiger partial charge on any atom is -0.484 e. The Bertz CT molecular complexity index is 1180. The van der Waals surface area contributed by atoms with E-state index >= 15 is 0 Å². The topological polar surface area (TPSA) is 58.6 Å². The second-order valence-electron chi connectivity index (χ2n) is 9.14. The molecule has 0 unspecified atom stereocenters. The number of carbonyl (C=O) groups excluding carboxylic acids is 2. The molecule has 3 aromatic carbocycles. The van der Waals surface area contributed by atoms with Gasteiger partial charge >= 0.3 is 0 Å². The Kier molecular flexibility index (Phi) is 9.97. The Morgan fingerprint density at radius 3 is 2.22 bits per heavy atom. The second-order valence-corrected chi connectivity index (χ2v) is 10.3. The molecule has 190 valence electrons. The first-order chi connectivity index (χ1) is 17.2. The van der Waals surface area contributed by atoms with Gasteiger partial charge in [-0.3, -0.25) is 9.59 Å². The van der Waals surface area contributed by atoms with Gasteiger partial charge in [0.2, 0.25) is 5.91 Å². The van der Waals surface area contributed by atoms with Crippen LogP contribution in [-0.2, 0) is 22.6 Å². The normalized spacial score (nSPS) is 11.8. The maximum Gasteiger partial charge on any atom is 0.261 e. The molecule has 0 aliphatic rings. The van der Waals surface area contributed by atoms with Crippen LogP contribution in [0, 0.1) is 13.8 Å².